The fourth-order valence-electron chi connectivity index (χ4n) is 4.16. The number of aliphatic hydroxyl groups excluding tert-OH is 1. The fourth-order valence-corrected chi connectivity index (χ4v) is 4.36. The zero-order valence-corrected chi connectivity index (χ0v) is 20.1. The minimum atomic E-state index is -0.798. The average Bonchev–Trinajstić information content (AvgIpc) is 3.09. The molecule has 0 aromatic heterocycles. The van der Waals surface area contributed by atoms with Gasteiger partial charge in [0.25, 0.3) is 11.7 Å². The first-order valence-corrected chi connectivity index (χ1v) is 11.1. The van der Waals surface area contributed by atoms with Crippen LogP contribution in [-0.4, -0.2) is 38.0 Å². The van der Waals surface area contributed by atoms with Gasteiger partial charge in [0.2, 0.25) is 0 Å². The normalized spacial score (nSPS) is 17.2. The number of anilines is 2. The van der Waals surface area contributed by atoms with Gasteiger partial charge in [-0.15, -0.1) is 0 Å². The van der Waals surface area contributed by atoms with E-state index in [1.807, 2.05) is 62.3 Å². The molecule has 0 radical (unpaired) electrons. The summed E-state index contributed by atoms with van der Waals surface area (Å²) in [5.74, 6) is -1.38. The highest BCUT2D eigenvalue weighted by atomic mass is 35.5. The van der Waals surface area contributed by atoms with E-state index in [4.69, 9.17) is 16.3 Å². The summed E-state index contributed by atoms with van der Waals surface area (Å²) in [5.41, 5.74) is 3.51. The van der Waals surface area contributed by atoms with Crippen LogP contribution in [0.25, 0.3) is 5.76 Å². The summed E-state index contributed by atoms with van der Waals surface area (Å²) in [5, 5.41) is 11.7. The third-order valence-electron chi connectivity index (χ3n) is 6.00. The largest absolute Gasteiger partial charge is 0.507 e. The highest BCUT2D eigenvalue weighted by Gasteiger charge is 2.47. The zero-order chi connectivity index (χ0) is 24.6. The number of halogens is 1. The monoisotopic (exact) mass is 476 g/mol. The Kier molecular flexibility index (Phi) is 6.35. The van der Waals surface area contributed by atoms with Crippen molar-refractivity contribution in [3.05, 3.63) is 94.0 Å². The second-order valence-electron chi connectivity index (χ2n) is 8.29. The van der Waals surface area contributed by atoms with Crippen LogP contribution < -0.4 is 14.5 Å². The van der Waals surface area contributed by atoms with Gasteiger partial charge in [-0.3, -0.25) is 14.5 Å². The second-order valence-corrected chi connectivity index (χ2v) is 8.69. The van der Waals surface area contributed by atoms with E-state index < -0.39 is 17.7 Å². The lowest BCUT2D eigenvalue weighted by Crippen LogP contribution is -2.29. The van der Waals surface area contributed by atoms with Crippen molar-refractivity contribution in [2.24, 2.45) is 0 Å². The molecule has 0 saturated carbocycles. The highest BCUT2D eigenvalue weighted by molar-refractivity contribution is 6.51. The molecule has 1 unspecified atom stereocenters. The van der Waals surface area contributed by atoms with E-state index in [9.17, 15) is 14.7 Å². The summed E-state index contributed by atoms with van der Waals surface area (Å²) in [6, 6.07) is 18.8. The van der Waals surface area contributed by atoms with E-state index in [-0.39, 0.29) is 11.3 Å². The lowest BCUT2D eigenvalue weighted by Gasteiger charge is -2.27. The van der Waals surface area contributed by atoms with Crippen molar-refractivity contribution < 1.29 is 19.4 Å². The van der Waals surface area contributed by atoms with Crippen molar-refractivity contribution in [2.45, 2.75) is 13.0 Å². The molecule has 34 heavy (non-hydrogen) atoms. The van der Waals surface area contributed by atoms with Crippen LogP contribution >= 0.6 is 11.6 Å². The Labute approximate surface area is 203 Å². The number of nitrogens with zero attached hydrogens (tertiary/aromatic N) is 2. The Morgan fingerprint density at radius 2 is 1.71 bits per heavy atom. The number of benzene rings is 3. The molecule has 1 amide bonds. The van der Waals surface area contributed by atoms with Gasteiger partial charge in [-0.1, -0.05) is 35.9 Å². The number of methoxy groups -OCH3 is 1. The summed E-state index contributed by atoms with van der Waals surface area (Å²) in [6.07, 6.45) is 0. The maximum atomic E-state index is 13.3. The Bertz CT molecular complexity index is 1300. The number of aryl methyl sites for hydroxylation is 1. The number of carbonyl (C=O) groups excluding carboxylic acids is 2. The standard InChI is InChI=1S/C27H25ClN2O4/c1-16-7-5-6-8-20(16)24-23(25(31)17-9-14-21(28)22(15-17)34-4)26(32)27(33)30(24)19-12-10-18(11-13-19)29(2)3/h5-15,24,31H,1-4H3/b25-23+. The van der Waals surface area contributed by atoms with Crippen molar-refractivity contribution in [1.82, 2.24) is 0 Å². The first-order valence-electron chi connectivity index (χ1n) is 10.7. The molecule has 1 fully saturated rings. The van der Waals surface area contributed by atoms with Gasteiger partial charge >= 0.3 is 0 Å². The molecule has 7 heteroatoms. The van der Waals surface area contributed by atoms with Crippen LogP contribution in [0, 0.1) is 6.92 Å². The van der Waals surface area contributed by atoms with Gasteiger partial charge in [0, 0.05) is 31.0 Å². The molecule has 3 aromatic carbocycles. The van der Waals surface area contributed by atoms with E-state index in [1.165, 1.54) is 12.0 Å². The van der Waals surface area contributed by atoms with Crippen LogP contribution in [-0.2, 0) is 9.59 Å². The molecular weight excluding hydrogens is 452 g/mol. The number of hydrogen-bond acceptors (Lipinski definition) is 5. The average molecular weight is 477 g/mol. The molecule has 1 aliphatic rings. The molecule has 1 heterocycles. The SMILES string of the molecule is COc1cc(/C(O)=C2\C(=O)C(=O)N(c3ccc(N(C)C)cc3)C2c2ccccc2C)ccc1Cl. The van der Waals surface area contributed by atoms with Crippen LogP contribution in [0.5, 0.6) is 5.75 Å². The molecule has 3 aromatic rings. The molecule has 0 spiro atoms. The number of aliphatic hydroxyl groups is 1. The Balaban J connectivity index is 1.94. The van der Waals surface area contributed by atoms with Crippen molar-refractivity contribution >= 4 is 40.4 Å². The third kappa shape index (κ3) is 4.01. The van der Waals surface area contributed by atoms with E-state index in [1.54, 1.807) is 30.3 Å². The molecule has 6 nitrogen and oxygen atoms in total. The number of hydrogen-bond donors (Lipinski definition) is 1. The van der Waals surface area contributed by atoms with Gasteiger partial charge in [0.1, 0.15) is 11.5 Å². The molecule has 0 bridgehead atoms. The topological polar surface area (TPSA) is 70.1 Å². The van der Waals surface area contributed by atoms with Gasteiger partial charge in [-0.2, -0.15) is 0 Å². The summed E-state index contributed by atoms with van der Waals surface area (Å²) < 4.78 is 5.27. The molecule has 1 aliphatic heterocycles. The van der Waals surface area contributed by atoms with Crippen LogP contribution in [0.3, 0.4) is 0 Å². The number of ketones is 1. The van der Waals surface area contributed by atoms with Crippen molar-refractivity contribution in [3.63, 3.8) is 0 Å². The quantitative estimate of drug-likeness (QED) is 0.305. The molecule has 4 rings (SSSR count). The van der Waals surface area contributed by atoms with Crippen LogP contribution in [0.2, 0.25) is 5.02 Å². The summed E-state index contributed by atoms with van der Waals surface area (Å²) >= 11 is 6.14. The van der Waals surface area contributed by atoms with Gasteiger partial charge < -0.3 is 14.7 Å². The lowest BCUT2D eigenvalue weighted by atomic mass is 9.92. The Hall–Kier alpha value is -3.77. The smallest absolute Gasteiger partial charge is 0.300 e. The zero-order valence-electron chi connectivity index (χ0n) is 19.4. The number of rotatable bonds is 5. The maximum Gasteiger partial charge on any atom is 0.300 e. The number of ether oxygens (including phenoxy) is 1. The highest BCUT2D eigenvalue weighted by Crippen LogP contribution is 2.43. The molecule has 0 aliphatic carbocycles. The predicted molar refractivity (Wildman–Crippen MR) is 135 cm³/mol. The van der Waals surface area contributed by atoms with Crippen molar-refractivity contribution in [3.8, 4) is 5.75 Å². The number of carbonyl (C=O) groups is 2. The molecule has 1 atom stereocenters. The van der Waals surface area contributed by atoms with Gasteiger partial charge in [0.15, 0.2) is 0 Å². The van der Waals surface area contributed by atoms with Crippen LogP contribution in [0.15, 0.2) is 72.3 Å². The summed E-state index contributed by atoms with van der Waals surface area (Å²) in [6.45, 7) is 1.91. The predicted octanol–water partition coefficient (Wildman–Crippen LogP) is 5.35. The number of amides is 1. The first-order chi connectivity index (χ1) is 16.2. The van der Waals surface area contributed by atoms with E-state index in [0.29, 0.717) is 22.0 Å². The van der Waals surface area contributed by atoms with Gasteiger partial charge in [0.05, 0.1) is 23.7 Å². The Morgan fingerprint density at radius 1 is 1.03 bits per heavy atom. The minimum absolute atomic E-state index is 0.0142. The van der Waals surface area contributed by atoms with Crippen LogP contribution in [0.4, 0.5) is 11.4 Å². The second kappa shape index (κ2) is 9.23. The first kappa shape index (κ1) is 23.4. The molecule has 1 saturated heterocycles. The maximum absolute atomic E-state index is 13.3. The fraction of sp³-hybridized carbons (Fsp3) is 0.185. The van der Waals surface area contributed by atoms with E-state index >= 15 is 0 Å². The molecule has 1 N–H and O–H groups in total. The summed E-state index contributed by atoms with van der Waals surface area (Å²) in [7, 11) is 5.32. The third-order valence-corrected chi connectivity index (χ3v) is 6.31. The molecule has 174 valence electrons. The van der Waals surface area contributed by atoms with Crippen molar-refractivity contribution in [2.75, 3.05) is 31.0 Å². The Morgan fingerprint density at radius 3 is 2.32 bits per heavy atom. The van der Waals surface area contributed by atoms with Crippen LogP contribution in [0.1, 0.15) is 22.7 Å². The molecular formula is C27H25ClN2O4. The van der Waals surface area contributed by atoms with Gasteiger partial charge in [-0.25, -0.2) is 0 Å². The minimum Gasteiger partial charge on any atom is -0.507 e. The lowest BCUT2D eigenvalue weighted by molar-refractivity contribution is -0.132. The van der Waals surface area contributed by atoms with Gasteiger partial charge in [-0.05, 0) is 60.5 Å². The van der Waals surface area contributed by atoms with E-state index in [0.717, 1.165) is 16.8 Å². The summed E-state index contributed by atoms with van der Waals surface area (Å²) in [4.78, 5) is 30.0. The van der Waals surface area contributed by atoms with Crippen molar-refractivity contribution in [1.29, 1.82) is 0 Å². The number of Topliss-reactive ketones (excluding diaryl/α,β-unsaturated/α-hetero) is 1. The van der Waals surface area contributed by atoms with E-state index in [2.05, 4.69) is 0 Å².